The summed E-state index contributed by atoms with van der Waals surface area (Å²) in [6.45, 7) is 23.5. The number of esters is 1. The summed E-state index contributed by atoms with van der Waals surface area (Å²) in [7, 11) is -5.16. The largest absolute Gasteiger partial charge is 0.465 e. The third-order valence-corrected chi connectivity index (χ3v) is 17.8. The Hall–Kier alpha value is -4.62. The zero-order valence-corrected chi connectivity index (χ0v) is 35.6. The van der Waals surface area contributed by atoms with Crippen molar-refractivity contribution in [1.29, 1.82) is 0 Å². The lowest BCUT2D eigenvalue weighted by atomic mass is 10.0. The molecule has 0 bridgehead atoms. The van der Waals surface area contributed by atoms with Gasteiger partial charge in [-0.2, -0.15) is 4.90 Å². The van der Waals surface area contributed by atoms with E-state index in [9.17, 15) is 22.8 Å². The average Bonchev–Trinajstić information content (AvgIpc) is 3.68. The van der Waals surface area contributed by atoms with E-state index in [2.05, 4.69) is 45.8 Å². The normalized spacial score (nSPS) is 13.1. The molecule has 2 heterocycles. The quantitative estimate of drug-likeness (QED) is 0.0674. The fourth-order valence-electron chi connectivity index (χ4n) is 7.57. The van der Waals surface area contributed by atoms with Gasteiger partial charge in [0, 0.05) is 28.9 Å². The minimum Gasteiger partial charge on any atom is -0.465 e. The maximum atomic E-state index is 14.3. The Bertz CT molecular complexity index is 2100. The van der Waals surface area contributed by atoms with Crippen LogP contribution < -0.4 is 4.90 Å². The molecule has 0 unspecified atom stereocenters. The van der Waals surface area contributed by atoms with Crippen LogP contribution in [0.5, 0.6) is 0 Å². The lowest BCUT2D eigenvalue weighted by Gasteiger charge is -2.44. The summed E-state index contributed by atoms with van der Waals surface area (Å²) in [5.41, 5.74) is 0.222. The number of anilines is 1. The molecule has 0 atom stereocenters. The molecular formula is C41H55N3O8SSi. The standard InChI is InChI=1S/C41H55N3O8SSi/c1-27(2)54(28(3)4,29(5)6)42-23-22-30(25-42)33(37(45)50-13)24-31-26-43(53(48,49)32-18-15-14-16-19-32)34-20-17-21-35(36(31)34)44(38(46)51-40(7,8)9)39(47)52-41(10,11)12/h14-29H,1-13H3/b33-24+. The molecule has 0 saturated carbocycles. The van der Waals surface area contributed by atoms with E-state index < -0.39 is 47.6 Å². The number of ether oxygens (including phenoxy) is 3. The van der Waals surface area contributed by atoms with E-state index in [1.54, 1.807) is 78.0 Å². The van der Waals surface area contributed by atoms with Crippen molar-refractivity contribution in [1.82, 2.24) is 8.21 Å². The van der Waals surface area contributed by atoms with E-state index in [4.69, 9.17) is 14.2 Å². The Morgan fingerprint density at radius 3 is 1.78 bits per heavy atom. The Labute approximate surface area is 321 Å². The van der Waals surface area contributed by atoms with Gasteiger partial charge < -0.3 is 18.4 Å². The summed E-state index contributed by atoms with van der Waals surface area (Å²) in [4.78, 5) is 42.3. The van der Waals surface area contributed by atoms with Crippen molar-refractivity contribution in [3.63, 3.8) is 0 Å². The van der Waals surface area contributed by atoms with Crippen LogP contribution in [0.4, 0.5) is 15.3 Å². The molecule has 292 valence electrons. The molecule has 0 radical (unpaired) electrons. The van der Waals surface area contributed by atoms with Gasteiger partial charge in [0.1, 0.15) is 11.2 Å². The molecular weight excluding hydrogens is 723 g/mol. The number of amides is 2. The van der Waals surface area contributed by atoms with Crippen LogP contribution >= 0.6 is 0 Å². The Morgan fingerprint density at radius 1 is 0.759 bits per heavy atom. The molecule has 4 rings (SSSR count). The van der Waals surface area contributed by atoms with Crippen LogP contribution in [0.1, 0.15) is 94.2 Å². The highest BCUT2D eigenvalue weighted by Crippen LogP contribution is 2.43. The van der Waals surface area contributed by atoms with Crippen molar-refractivity contribution in [2.75, 3.05) is 12.0 Å². The van der Waals surface area contributed by atoms with Crippen LogP contribution in [0.3, 0.4) is 0 Å². The number of nitrogens with zero attached hydrogens (tertiary/aromatic N) is 3. The van der Waals surface area contributed by atoms with Crippen LogP contribution in [0.25, 0.3) is 22.6 Å². The molecule has 13 heteroatoms. The van der Waals surface area contributed by atoms with Crippen molar-refractivity contribution in [2.24, 2.45) is 0 Å². The molecule has 2 amide bonds. The topological polar surface area (TPSA) is 126 Å². The van der Waals surface area contributed by atoms with Gasteiger partial charge in [0.15, 0.2) is 8.24 Å². The highest BCUT2D eigenvalue weighted by molar-refractivity contribution is 7.90. The van der Waals surface area contributed by atoms with E-state index in [1.165, 1.54) is 31.5 Å². The fraction of sp³-hybridized carbons (Fsp3) is 0.439. The lowest BCUT2D eigenvalue weighted by molar-refractivity contribution is -0.133. The summed E-state index contributed by atoms with van der Waals surface area (Å²) in [6, 6.07) is 14.4. The second-order valence-electron chi connectivity index (χ2n) is 16.4. The van der Waals surface area contributed by atoms with Gasteiger partial charge in [-0.1, -0.05) is 65.8 Å². The van der Waals surface area contributed by atoms with Gasteiger partial charge in [0.05, 0.1) is 28.8 Å². The predicted molar refractivity (Wildman–Crippen MR) is 217 cm³/mol. The Kier molecular flexibility index (Phi) is 12.2. The summed E-state index contributed by atoms with van der Waals surface area (Å²) in [5, 5.41) is 0.185. The summed E-state index contributed by atoms with van der Waals surface area (Å²) < 4.78 is 48.7. The van der Waals surface area contributed by atoms with Crippen molar-refractivity contribution < 1.29 is 37.0 Å². The second kappa shape index (κ2) is 15.6. The number of benzene rings is 2. The van der Waals surface area contributed by atoms with Crippen molar-refractivity contribution in [2.45, 2.75) is 116 Å². The fourth-order valence-corrected chi connectivity index (χ4v) is 15.4. The monoisotopic (exact) mass is 777 g/mol. The number of hydrogen-bond donors (Lipinski definition) is 0. The van der Waals surface area contributed by atoms with Gasteiger partial charge in [-0.05, 0) is 101 Å². The molecule has 0 spiro atoms. The zero-order chi connectivity index (χ0) is 40.6. The first-order chi connectivity index (χ1) is 25.0. The summed E-state index contributed by atoms with van der Waals surface area (Å²) >= 11 is 0. The predicted octanol–water partition coefficient (Wildman–Crippen LogP) is 10.1. The Morgan fingerprint density at radius 2 is 1.30 bits per heavy atom. The third-order valence-electron chi connectivity index (χ3n) is 9.43. The molecule has 0 saturated heterocycles. The lowest BCUT2D eigenvalue weighted by Crippen LogP contribution is -2.51. The molecule has 0 aliphatic rings. The smallest absolute Gasteiger partial charge is 0.424 e. The number of fused-ring (bicyclic) bond motifs is 1. The maximum absolute atomic E-state index is 14.3. The average molecular weight is 778 g/mol. The van der Waals surface area contributed by atoms with Crippen molar-refractivity contribution in [3.8, 4) is 0 Å². The van der Waals surface area contributed by atoms with Crippen LogP contribution in [0.15, 0.2) is 78.1 Å². The summed E-state index contributed by atoms with van der Waals surface area (Å²) in [6.07, 6.45) is 4.86. The minimum absolute atomic E-state index is 0.00287. The SMILES string of the molecule is COC(=O)/C(=C/c1cn(S(=O)(=O)c2ccccc2)c2cccc(N(C(=O)OC(C)(C)C)C(=O)OC(C)(C)C)c12)c1ccn([Si](C(C)C)(C(C)C)C(C)C)c1. The second-order valence-corrected chi connectivity index (χ2v) is 23.9. The van der Waals surface area contributed by atoms with E-state index >= 15 is 0 Å². The number of imide groups is 1. The maximum Gasteiger partial charge on any atom is 0.424 e. The van der Waals surface area contributed by atoms with Gasteiger partial charge in [-0.3, -0.25) is 0 Å². The first-order valence-corrected chi connectivity index (χ1v) is 21.8. The van der Waals surface area contributed by atoms with Crippen LogP contribution in [0, 0.1) is 0 Å². The molecule has 2 aromatic carbocycles. The van der Waals surface area contributed by atoms with Crippen LogP contribution in [-0.2, 0) is 29.0 Å². The molecule has 2 aromatic heterocycles. The highest BCUT2D eigenvalue weighted by Gasteiger charge is 2.45. The minimum atomic E-state index is -4.23. The van der Waals surface area contributed by atoms with E-state index in [1.807, 2.05) is 18.5 Å². The van der Waals surface area contributed by atoms with Gasteiger partial charge in [-0.15, -0.1) is 0 Å². The van der Waals surface area contributed by atoms with Gasteiger partial charge in [0.2, 0.25) is 0 Å². The van der Waals surface area contributed by atoms with Crippen LogP contribution in [-0.4, -0.2) is 61.3 Å². The van der Waals surface area contributed by atoms with E-state index in [-0.39, 0.29) is 32.6 Å². The van der Waals surface area contributed by atoms with Crippen molar-refractivity contribution >= 4 is 64.7 Å². The van der Waals surface area contributed by atoms with E-state index in [0.29, 0.717) is 22.2 Å². The zero-order valence-electron chi connectivity index (χ0n) is 33.8. The molecule has 0 fully saturated rings. The van der Waals surface area contributed by atoms with Gasteiger partial charge >= 0.3 is 18.2 Å². The molecule has 0 aliphatic heterocycles. The highest BCUT2D eigenvalue weighted by atomic mass is 32.2. The number of hydrogen-bond acceptors (Lipinski definition) is 8. The first-order valence-electron chi connectivity index (χ1n) is 18.2. The number of rotatable bonds is 10. The number of aromatic nitrogens is 2. The molecule has 11 nitrogen and oxygen atoms in total. The van der Waals surface area contributed by atoms with Crippen molar-refractivity contribution in [3.05, 3.63) is 84.3 Å². The summed E-state index contributed by atoms with van der Waals surface area (Å²) in [5.74, 6) is -0.654. The molecule has 0 aliphatic carbocycles. The van der Waals surface area contributed by atoms with E-state index in [0.717, 1.165) is 8.87 Å². The van der Waals surface area contributed by atoms with Gasteiger partial charge in [0.25, 0.3) is 10.0 Å². The molecule has 54 heavy (non-hydrogen) atoms. The van der Waals surface area contributed by atoms with Gasteiger partial charge in [-0.25, -0.2) is 26.8 Å². The van der Waals surface area contributed by atoms with Crippen LogP contribution in [0.2, 0.25) is 16.6 Å². The molecule has 0 N–H and O–H groups in total. The third kappa shape index (κ3) is 8.36. The number of carbonyl (C=O) groups excluding carboxylic acids is 3. The number of methoxy groups -OCH3 is 1. The number of carbonyl (C=O) groups is 3. The Balaban J connectivity index is 2.14. The molecule has 4 aromatic rings. The first kappa shape index (κ1) is 42.1.